The van der Waals surface area contributed by atoms with Crippen molar-refractivity contribution < 1.29 is 4.39 Å². The van der Waals surface area contributed by atoms with E-state index < -0.39 is 0 Å². The van der Waals surface area contributed by atoms with Gasteiger partial charge in [-0.05, 0) is 37.5 Å². The summed E-state index contributed by atoms with van der Waals surface area (Å²) in [5, 5.41) is 13.7. The van der Waals surface area contributed by atoms with Crippen LogP contribution in [-0.2, 0) is 0 Å². The van der Waals surface area contributed by atoms with E-state index in [2.05, 4.69) is 30.8 Å². The number of aromatic nitrogens is 4. The van der Waals surface area contributed by atoms with Crippen LogP contribution in [0.4, 0.5) is 27.8 Å². The fraction of sp³-hybridized carbons (Fsp3) is 0.278. The molecule has 0 unspecified atom stereocenters. The van der Waals surface area contributed by atoms with E-state index in [1.54, 1.807) is 18.2 Å². The summed E-state index contributed by atoms with van der Waals surface area (Å²) in [4.78, 5) is 8.42. The van der Waals surface area contributed by atoms with Gasteiger partial charge in [0.15, 0.2) is 5.82 Å². The summed E-state index contributed by atoms with van der Waals surface area (Å²) in [5.41, 5.74) is 7.91. The van der Waals surface area contributed by atoms with Crippen molar-refractivity contribution in [2.45, 2.75) is 31.7 Å². The van der Waals surface area contributed by atoms with E-state index >= 15 is 0 Å². The Hall–Kier alpha value is -3.16. The van der Waals surface area contributed by atoms with Crippen LogP contribution in [0.1, 0.15) is 43.0 Å². The number of nitrogens with one attached hydrogen (secondary N) is 3. The first kappa shape index (κ1) is 16.3. The second-order valence-corrected chi connectivity index (χ2v) is 6.52. The van der Waals surface area contributed by atoms with Gasteiger partial charge >= 0.3 is 0 Å². The van der Waals surface area contributed by atoms with Crippen molar-refractivity contribution in [3.63, 3.8) is 0 Å². The van der Waals surface area contributed by atoms with Gasteiger partial charge in [-0.3, -0.25) is 5.10 Å². The highest BCUT2D eigenvalue weighted by Gasteiger charge is 2.25. The van der Waals surface area contributed by atoms with Gasteiger partial charge in [0.1, 0.15) is 17.5 Å². The van der Waals surface area contributed by atoms with Gasteiger partial charge in [-0.15, -0.1) is 0 Å². The average molecular weight is 353 g/mol. The number of hydrogen-bond acceptors (Lipinski definition) is 6. The molecule has 1 aromatic carbocycles. The maximum Gasteiger partial charge on any atom is 0.223 e. The molecule has 0 bridgehead atoms. The summed E-state index contributed by atoms with van der Waals surface area (Å²) in [7, 11) is 0. The fourth-order valence-electron chi connectivity index (χ4n) is 2.80. The van der Waals surface area contributed by atoms with Crippen LogP contribution < -0.4 is 16.4 Å². The highest BCUT2D eigenvalue weighted by molar-refractivity contribution is 5.58. The Morgan fingerprint density at radius 3 is 2.58 bits per heavy atom. The minimum atomic E-state index is -0.261. The van der Waals surface area contributed by atoms with E-state index in [4.69, 9.17) is 5.73 Å². The molecule has 0 saturated heterocycles. The normalized spacial score (nSPS) is 14.8. The average Bonchev–Trinajstić information content (AvgIpc) is 3.35. The highest BCUT2D eigenvalue weighted by Crippen LogP contribution is 2.39. The summed E-state index contributed by atoms with van der Waals surface area (Å²) < 4.78 is 13.1. The standard InChI is InChI=1S/C18H20FN7/c1-10(11-4-6-13(19)7-5-11)21-15-9-16(24-18(20)23-15)22-17-8-14(25-26-17)12-2-3-12/h4-10,12H,2-3H2,1H3,(H5,20,21,22,23,24,25,26)/t10-/m0/s1. The number of nitrogens with zero attached hydrogens (tertiary/aromatic N) is 3. The van der Waals surface area contributed by atoms with Crippen LogP contribution in [0.15, 0.2) is 36.4 Å². The molecule has 1 aliphatic carbocycles. The molecule has 2 heterocycles. The first-order chi connectivity index (χ1) is 12.6. The van der Waals surface area contributed by atoms with Crippen molar-refractivity contribution in [3.8, 4) is 0 Å². The molecule has 0 radical (unpaired) electrons. The molecule has 4 rings (SSSR count). The van der Waals surface area contributed by atoms with Gasteiger partial charge in [0.05, 0.1) is 0 Å². The molecule has 0 aliphatic heterocycles. The molecule has 1 fully saturated rings. The van der Waals surface area contributed by atoms with E-state index in [-0.39, 0.29) is 17.8 Å². The largest absolute Gasteiger partial charge is 0.368 e. The lowest BCUT2D eigenvalue weighted by Gasteiger charge is -2.16. The number of anilines is 4. The van der Waals surface area contributed by atoms with Crippen molar-refractivity contribution in [1.29, 1.82) is 0 Å². The van der Waals surface area contributed by atoms with Gasteiger partial charge in [-0.25, -0.2) is 4.39 Å². The van der Waals surface area contributed by atoms with Gasteiger partial charge in [0, 0.05) is 29.8 Å². The topological polar surface area (TPSA) is 105 Å². The molecule has 134 valence electrons. The number of H-pyrrole nitrogens is 1. The Morgan fingerprint density at radius 1 is 1.12 bits per heavy atom. The van der Waals surface area contributed by atoms with E-state index in [1.807, 2.05) is 13.0 Å². The van der Waals surface area contributed by atoms with Crippen molar-refractivity contribution in [3.05, 3.63) is 53.5 Å². The van der Waals surface area contributed by atoms with Crippen LogP contribution in [0.5, 0.6) is 0 Å². The predicted octanol–water partition coefficient (Wildman–Crippen LogP) is 3.72. The zero-order valence-corrected chi connectivity index (χ0v) is 14.3. The third-order valence-corrected chi connectivity index (χ3v) is 4.35. The van der Waals surface area contributed by atoms with Crippen LogP contribution in [-0.4, -0.2) is 20.2 Å². The maximum atomic E-state index is 13.1. The lowest BCUT2D eigenvalue weighted by molar-refractivity contribution is 0.626. The minimum Gasteiger partial charge on any atom is -0.368 e. The Bertz CT molecular complexity index is 902. The van der Waals surface area contributed by atoms with Gasteiger partial charge in [-0.2, -0.15) is 15.1 Å². The van der Waals surface area contributed by atoms with Crippen LogP contribution in [0.2, 0.25) is 0 Å². The number of halogens is 1. The Balaban J connectivity index is 1.48. The molecule has 0 spiro atoms. The first-order valence-electron chi connectivity index (χ1n) is 8.56. The van der Waals surface area contributed by atoms with Crippen LogP contribution >= 0.6 is 0 Å². The van der Waals surface area contributed by atoms with Gasteiger partial charge < -0.3 is 16.4 Å². The van der Waals surface area contributed by atoms with Gasteiger partial charge in [0.2, 0.25) is 5.95 Å². The van der Waals surface area contributed by atoms with E-state index in [1.165, 1.54) is 25.0 Å². The predicted molar refractivity (Wildman–Crippen MR) is 98.7 cm³/mol. The Kier molecular flexibility index (Phi) is 4.16. The minimum absolute atomic E-state index is 0.0652. The lowest BCUT2D eigenvalue weighted by atomic mass is 10.1. The first-order valence-corrected chi connectivity index (χ1v) is 8.56. The van der Waals surface area contributed by atoms with Crippen LogP contribution in [0.3, 0.4) is 0 Å². The molecule has 5 N–H and O–H groups in total. The third-order valence-electron chi connectivity index (χ3n) is 4.35. The number of nitrogens with two attached hydrogens (primary N) is 1. The summed E-state index contributed by atoms with van der Waals surface area (Å²) in [6.07, 6.45) is 2.41. The molecule has 26 heavy (non-hydrogen) atoms. The number of aromatic amines is 1. The lowest BCUT2D eigenvalue weighted by Crippen LogP contribution is -2.10. The second-order valence-electron chi connectivity index (χ2n) is 6.52. The quantitative estimate of drug-likeness (QED) is 0.538. The van der Waals surface area contributed by atoms with E-state index in [0.29, 0.717) is 23.4 Å². The number of rotatable bonds is 6. The molecule has 3 aromatic rings. The molecule has 8 heteroatoms. The molecular weight excluding hydrogens is 333 g/mol. The van der Waals surface area contributed by atoms with Crippen molar-refractivity contribution in [2.75, 3.05) is 16.4 Å². The molecule has 1 aliphatic rings. The molecule has 1 atom stereocenters. The van der Waals surface area contributed by atoms with Gasteiger partial charge in [0.25, 0.3) is 0 Å². The monoisotopic (exact) mass is 353 g/mol. The summed E-state index contributed by atoms with van der Waals surface area (Å²) in [6, 6.07) is 10.0. The van der Waals surface area contributed by atoms with E-state index in [0.717, 1.165) is 11.3 Å². The molecule has 2 aromatic heterocycles. The molecule has 7 nitrogen and oxygen atoms in total. The fourth-order valence-corrected chi connectivity index (χ4v) is 2.80. The molecular formula is C18H20FN7. The number of nitrogen functional groups attached to an aromatic ring is 1. The van der Waals surface area contributed by atoms with Crippen LogP contribution in [0, 0.1) is 5.82 Å². The molecule has 0 amide bonds. The summed E-state index contributed by atoms with van der Waals surface area (Å²) in [5.74, 6) is 2.32. The zero-order chi connectivity index (χ0) is 18.1. The maximum absolute atomic E-state index is 13.1. The van der Waals surface area contributed by atoms with Crippen molar-refractivity contribution >= 4 is 23.4 Å². The molecule has 1 saturated carbocycles. The summed E-state index contributed by atoms with van der Waals surface area (Å²) in [6.45, 7) is 1.97. The SMILES string of the molecule is C[C@H](Nc1cc(Nc2cc(C3CC3)[nH]n2)nc(N)n1)c1ccc(F)cc1. The number of hydrogen-bond donors (Lipinski definition) is 4. The highest BCUT2D eigenvalue weighted by atomic mass is 19.1. The smallest absolute Gasteiger partial charge is 0.223 e. The van der Waals surface area contributed by atoms with Crippen molar-refractivity contribution in [1.82, 2.24) is 20.2 Å². The zero-order valence-electron chi connectivity index (χ0n) is 14.3. The van der Waals surface area contributed by atoms with Crippen LogP contribution in [0.25, 0.3) is 0 Å². The van der Waals surface area contributed by atoms with Crippen molar-refractivity contribution in [2.24, 2.45) is 0 Å². The number of benzene rings is 1. The Labute approximate surface area is 150 Å². The Morgan fingerprint density at radius 2 is 1.85 bits per heavy atom. The second kappa shape index (κ2) is 6.62. The summed E-state index contributed by atoms with van der Waals surface area (Å²) >= 11 is 0. The van der Waals surface area contributed by atoms with Gasteiger partial charge in [-0.1, -0.05) is 12.1 Å². The van der Waals surface area contributed by atoms with E-state index in [9.17, 15) is 4.39 Å². The third kappa shape index (κ3) is 3.74.